The Kier molecular flexibility index (Phi) is 5.99. The van der Waals surface area contributed by atoms with Gasteiger partial charge >= 0.3 is 5.97 Å². The van der Waals surface area contributed by atoms with Crippen molar-refractivity contribution < 1.29 is 28.8 Å². The summed E-state index contributed by atoms with van der Waals surface area (Å²) in [7, 11) is 0. The molecule has 0 saturated carbocycles. The Morgan fingerprint density at radius 2 is 1.77 bits per heavy atom. The Morgan fingerprint density at radius 3 is 2.53 bits per heavy atom. The largest absolute Gasteiger partial charge is 0.490 e. The first kappa shape index (κ1) is 20.3. The Hall–Kier alpha value is -2.93. The molecule has 2 aliphatic rings. The Bertz CT molecular complexity index is 915. The third-order valence-corrected chi connectivity index (χ3v) is 5.51. The van der Waals surface area contributed by atoms with Crippen LogP contribution >= 0.6 is 0 Å². The van der Waals surface area contributed by atoms with Crippen molar-refractivity contribution >= 4 is 5.97 Å². The number of nitrogens with zero attached hydrogens (tertiary/aromatic N) is 1. The van der Waals surface area contributed by atoms with E-state index in [-0.39, 0.29) is 12.8 Å². The van der Waals surface area contributed by atoms with Crippen molar-refractivity contribution in [3.05, 3.63) is 47.5 Å². The van der Waals surface area contributed by atoms with Gasteiger partial charge in [-0.2, -0.15) is 0 Å². The van der Waals surface area contributed by atoms with Crippen LogP contribution in [0.2, 0.25) is 0 Å². The molecule has 160 valence electrons. The fourth-order valence-electron chi connectivity index (χ4n) is 4.26. The van der Waals surface area contributed by atoms with Gasteiger partial charge in [-0.15, -0.1) is 0 Å². The molecule has 2 unspecified atom stereocenters. The number of benzene rings is 2. The van der Waals surface area contributed by atoms with Crippen molar-refractivity contribution in [3.63, 3.8) is 0 Å². The van der Waals surface area contributed by atoms with Crippen molar-refractivity contribution in [2.24, 2.45) is 0 Å². The van der Waals surface area contributed by atoms with Crippen LogP contribution < -0.4 is 18.9 Å². The summed E-state index contributed by atoms with van der Waals surface area (Å²) in [6, 6.07) is 10.9. The van der Waals surface area contributed by atoms with Gasteiger partial charge in [0.2, 0.25) is 6.79 Å². The van der Waals surface area contributed by atoms with Crippen LogP contribution in [0, 0.1) is 0 Å². The minimum atomic E-state index is -0.797. The summed E-state index contributed by atoms with van der Waals surface area (Å²) in [5.74, 6) is 1.93. The number of carboxylic acid groups (broad SMARTS) is 1. The van der Waals surface area contributed by atoms with Gasteiger partial charge in [0.15, 0.2) is 23.0 Å². The van der Waals surface area contributed by atoms with E-state index in [4.69, 9.17) is 18.9 Å². The molecule has 0 radical (unpaired) electrons. The molecule has 2 atom stereocenters. The zero-order chi connectivity index (χ0) is 21.1. The summed E-state index contributed by atoms with van der Waals surface area (Å²) in [5.41, 5.74) is 1.91. The van der Waals surface area contributed by atoms with Gasteiger partial charge in [-0.25, -0.2) is 0 Å². The lowest BCUT2D eigenvalue weighted by molar-refractivity contribution is -0.142. The Balaban J connectivity index is 1.79. The highest BCUT2D eigenvalue weighted by Crippen LogP contribution is 2.42. The van der Waals surface area contributed by atoms with Crippen molar-refractivity contribution in [1.82, 2.24) is 4.90 Å². The van der Waals surface area contributed by atoms with Crippen LogP contribution in [0.5, 0.6) is 23.0 Å². The molecule has 0 aliphatic carbocycles. The summed E-state index contributed by atoms with van der Waals surface area (Å²) in [4.78, 5) is 14.0. The molecule has 0 bridgehead atoms. The van der Waals surface area contributed by atoms with Crippen LogP contribution in [-0.4, -0.2) is 48.6 Å². The van der Waals surface area contributed by atoms with Crippen LogP contribution in [0.25, 0.3) is 0 Å². The lowest BCUT2D eigenvalue weighted by atomic mass is 9.95. The number of ether oxygens (including phenoxy) is 4. The van der Waals surface area contributed by atoms with E-state index in [1.165, 1.54) is 0 Å². The SMILES string of the molecule is CCOc1ccc(C(c2ccc3c(c2)OCO3)N2CCCC2C(=O)O)cc1OCC. The number of carbonyl (C=O) groups is 1. The first-order valence-corrected chi connectivity index (χ1v) is 10.4. The molecular weight excluding hydrogens is 386 g/mol. The highest BCUT2D eigenvalue weighted by Gasteiger charge is 2.37. The number of carboxylic acids is 1. The quantitative estimate of drug-likeness (QED) is 0.704. The highest BCUT2D eigenvalue weighted by atomic mass is 16.7. The van der Waals surface area contributed by atoms with Gasteiger partial charge in [-0.1, -0.05) is 12.1 Å². The maximum Gasteiger partial charge on any atom is 0.320 e. The van der Waals surface area contributed by atoms with Crippen LogP contribution in [0.3, 0.4) is 0 Å². The second kappa shape index (κ2) is 8.83. The lowest BCUT2D eigenvalue weighted by Gasteiger charge is -2.32. The lowest BCUT2D eigenvalue weighted by Crippen LogP contribution is -2.39. The van der Waals surface area contributed by atoms with Crippen molar-refractivity contribution in [2.75, 3.05) is 26.6 Å². The fraction of sp³-hybridized carbons (Fsp3) is 0.435. The molecule has 2 aliphatic heterocycles. The summed E-state index contributed by atoms with van der Waals surface area (Å²) in [6.45, 7) is 5.81. The van der Waals surface area contributed by atoms with Crippen molar-refractivity contribution in [2.45, 2.75) is 38.8 Å². The molecule has 0 spiro atoms. The first-order valence-electron chi connectivity index (χ1n) is 10.4. The molecule has 2 heterocycles. The number of fused-ring (bicyclic) bond motifs is 1. The van der Waals surface area contributed by atoms with Crippen molar-refractivity contribution in [1.29, 1.82) is 0 Å². The van der Waals surface area contributed by atoms with Crippen LogP contribution in [0.1, 0.15) is 43.9 Å². The van der Waals surface area contributed by atoms with Gasteiger partial charge in [0, 0.05) is 6.54 Å². The third-order valence-electron chi connectivity index (χ3n) is 5.51. The molecule has 2 aromatic rings. The molecule has 1 N–H and O–H groups in total. The highest BCUT2D eigenvalue weighted by molar-refractivity contribution is 5.74. The summed E-state index contributed by atoms with van der Waals surface area (Å²) in [6.07, 6.45) is 1.47. The van der Waals surface area contributed by atoms with E-state index in [2.05, 4.69) is 0 Å². The van der Waals surface area contributed by atoms with Crippen molar-refractivity contribution in [3.8, 4) is 23.0 Å². The maximum atomic E-state index is 11.9. The van der Waals surface area contributed by atoms with Gasteiger partial charge in [0.05, 0.1) is 19.3 Å². The van der Waals surface area contributed by atoms with Crippen LogP contribution in [0.15, 0.2) is 36.4 Å². The summed E-state index contributed by atoms with van der Waals surface area (Å²) >= 11 is 0. The molecule has 0 aromatic heterocycles. The van der Waals surface area contributed by atoms with Gasteiger partial charge in [-0.05, 0) is 62.1 Å². The molecular formula is C23H27NO6. The smallest absolute Gasteiger partial charge is 0.320 e. The normalized spacial score (nSPS) is 18.9. The standard InChI is InChI=1S/C23H27NO6/c1-3-27-18-9-7-15(12-20(18)28-4-2)22(24-11-5-6-17(24)23(25)26)16-8-10-19-21(13-16)30-14-29-19/h7-10,12-13,17,22H,3-6,11,14H2,1-2H3,(H,25,26). The van der Waals surface area contributed by atoms with E-state index in [1.54, 1.807) is 0 Å². The predicted molar refractivity (Wildman–Crippen MR) is 111 cm³/mol. The molecule has 4 rings (SSSR count). The van der Waals surface area contributed by atoms with Crippen LogP contribution in [-0.2, 0) is 4.79 Å². The summed E-state index contributed by atoms with van der Waals surface area (Å²) in [5, 5.41) is 9.80. The second-order valence-corrected chi connectivity index (χ2v) is 7.32. The molecule has 2 aromatic carbocycles. The monoisotopic (exact) mass is 413 g/mol. The van der Waals surface area contributed by atoms with E-state index in [0.717, 1.165) is 17.5 Å². The Morgan fingerprint density at radius 1 is 1.07 bits per heavy atom. The topological polar surface area (TPSA) is 77.5 Å². The zero-order valence-electron chi connectivity index (χ0n) is 17.3. The van der Waals surface area contributed by atoms with E-state index in [1.807, 2.05) is 55.1 Å². The molecule has 0 amide bonds. The minimum Gasteiger partial charge on any atom is -0.490 e. The molecule has 1 saturated heterocycles. The fourth-order valence-corrected chi connectivity index (χ4v) is 4.26. The first-order chi connectivity index (χ1) is 14.6. The second-order valence-electron chi connectivity index (χ2n) is 7.32. The molecule has 7 nitrogen and oxygen atoms in total. The zero-order valence-corrected chi connectivity index (χ0v) is 17.3. The van der Waals surface area contributed by atoms with E-state index >= 15 is 0 Å². The number of hydrogen-bond acceptors (Lipinski definition) is 6. The predicted octanol–water partition coefficient (Wildman–Crippen LogP) is 3.85. The van der Waals surface area contributed by atoms with Crippen LogP contribution in [0.4, 0.5) is 0 Å². The van der Waals surface area contributed by atoms with Gasteiger partial charge in [0.1, 0.15) is 6.04 Å². The molecule has 7 heteroatoms. The maximum absolute atomic E-state index is 11.9. The molecule has 1 fully saturated rings. The molecule has 30 heavy (non-hydrogen) atoms. The van der Waals surface area contributed by atoms with E-state index in [0.29, 0.717) is 49.2 Å². The average molecular weight is 413 g/mol. The number of hydrogen-bond donors (Lipinski definition) is 1. The average Bonchev–Trinajstić information content (AvgIpc) is 3.40. The third kappa shape index (κ3) is 3.89. The summed E-state index contributed by atoms with van der Waals surface area (Å²) < 4.78 is 22.6. The van der Waals surface area contributed by atoms with Gasteiger partial charge in [-0.3, -0.25) is 9.69 Å². The van der Waals surface area contributed by atoms with E-state index in [9.17, 15) is 9.90 Å². The minimum absolute atomic E-state index is 0.197. The Labute approximate surface area is 176 Å². The van der Waals surface area contributed by atoms with Gasteiger partial charge < -0.3 is 24.1 Å². The number of likely N-dealkylation sites (tertiary alicyclic amines) is 1. The number of aliphatic carboxylic acids is 1. The van der Waals surface area contributed by atoms with E-state index < -0.39 is 12.0 Å². The van der Waals surface area contributed by atoms with Gasteiger partial charge in [0.25, 0.3) is 0 Å². The number of rotatable bonds is 8.